The molecule has 0 radical (unpaired) electrons. The smallest absolute Gasteiger partial charge is 0.119 e. The summed E-state index contributed by atoms with van der Waals surface area (Å²) < 4.78 is 5.68. The summed E-state index contributed by atoms with van der Waals surface area (Å²) >= 11 is 1.97. The fraction of sp³-hybridized carbons (Fsp3) is 0.538. The molecule has 0 aromatic heterocycles. The number of hydrogen-bond donors (Lipinski definition) is 0. The molecule has 1 nitrogen and oxygen atoms in total. The molecule has 15 heavy (non-hydrogen) atoms. The summed E-state index contributed by atoms with van der Waals surface area (Å²) in [6, 6.07) is 8.48. The third-order valence-corrected chi connectivity index (χ3v) is 3.50. The molecule has 1 heterocycles. The van der Waals surface area contributed by atoms with Crippen LogP contribution in [0.15, 0.2) is 24.3 Å². The van der Waals surface area contributed by atoms with Gasteiger partial charge in [-0.1, -0.05) is 32.9 Å². The van der Waals surface area contributed by atoms with Gasteiger partial charge in [-0.2, -0.15) is 11.8 Å². The maximum atomic E-state index is 5.68. The Bertz CT molecular complexity index is 319. The van der Waals surface area contributed by atoms with Crippen LogP contribution in [0.5, 0.6) is 5.75 Å². The molecule has 1 aromatic carbocycles. The molecule has 0 bridgehead atoms. The van der Waals surface area contributed by atoms with Gasteiger partial charge in [-0.3, -0.25) is 0 Å². The zero-order chi connectivity index (χ0) is 10.9. The lowest BCUT2D eigenvalue weighted by Gasteiger charge is -2.19. The molecule has 1 aromatic rings. The summed E-state index contributed by atoms with van der Waals surface area (Å²) in [6.45, 7) is 7.54. The summed E-state index contributed by atoms with van der Waals surface area (Å²) in [7, 11) is 0. The molecule has 2 rings (SSSR count). The van der Waals surface area contributed by atoms with E-state index in [4.69, 9.17) is 4.74 Å². The number of ether oxygens (including phenoxy) is 1. The summed E-state index contributed by atoms with van der Waals surface area (Å²) in [5, 5.41) is 0.743. The van der Waals surface area contributed by atoms with E-state index in [0.29, 0.717) is 0 Å². The molecule has 0 N–H and O–H groups in total. The van der Waals surface area contributed by atoms with Crippen LogP contribution >= 0.6 is 11.8 Å². The first kappa shape index (κ1) is 10.9. The van der Waals surface area contributed by atoms with Gasteiger partial charge in [-0.05, 0) is 23.1 Å². The van der Waals surface area contributed by atoms with Gasteiger partial charge in [0.1, 0.15) is 12.4 Å². The highest BCUT2D eigenvalue weighted by molar-refractivity contribution is 8.06. The Hall–Kier alpha value is -0.630. The van der Waals surface area contributed by atoms with Gasteiger partial charge in [-0.25, -0.2) is 0 Å². The maximum Gasteiger partial charge on any atom is 0.119 e. The number of hydrogen-bond acceptors (Lipinski definition) is 2. The molecule has 1 aliphatic rings. The lowest BCUT2D eigenvalue weighted by molar-refractivity contribution is 0.329. The topological polar surface area (TPSA) is 9.23 Å². The Balaban J connectivity index is 1.96. The molecular formula is C13H18OS. The van der Waals surface area contributed by atoms with Gasteiger partial charge in [0.2, 0.25) is 0 Å². The van der Waals surface area contributed by atoms with E-state index in [1.807, 2.05) is 11.8 Å². The van der Waals surface area contributed by atoms with E-state index in [9.17, 15) is 0 Å². The van der Waals surface area contributed by atoms with E-state index in [1.54, 1.807) is 0 Å². The van der Waals surface area contributed by atoms with Crippen LogP contribution in [0.25, 0.3) is 0 Å². The van der Waals surface area contributed by atoms with Crippen molar-refractivity contribution in [3.63, 3.8) is 0 Å². The van der Waals surface area contributed by atoms with Crippen LogP contribution in [-0.2, 0) is 5.41 Å². The highest BCUT2D eigenvalue weighted by Gasteiger charge is 2.23. The van der Waals surface area contributed by atoms with Crippen molar-refractivity contribution in [2.45, 2.75) is 31.4 Å². The van der Waals surface area contributed by atoms with Crippen molar-refractivity contribution in [3.05, 3.63) is 29.8 Å². The summed E-state index contributed by atoms with van der Waals surface area (Å²) in [4.78, 5) is 0. The first-order chi connectivity index (χ1) is 7.05. The van der Waals surface area contributed by atoms with Gasteiger partial charge in [0.15, 0.2) is 0 Å². The minimum absolute atomic E-state index is 0.227. The molecule has 1 aliphatic heterocycles. The van der Waals surface area contributed by atoms with Crippen molar-refractivity contribution in [3.8, 4) is 5.75 Å². The van der Waals surface area contributed by atoms with E-state index < -0.39 is 0 Å². The van der Waals surface area contributed by atoms with E-state index in [-0.39, 0.29) is 5.41 Å². The molecule has 0 spiro atoms. The molecule has 0 aliphatic carbocycles. The van der Waals surface area contributed by atoms with Gasteiger partial charge in [0, 0.05) is 11.0 Å². The molecule has 82 valence electrons. The molecule has 1 saturated heterocycles. The zero-order valence-corrected chi connectivity index (χ0v) is 10.4. The Morgan fingerprint density at radius 1 is 1.27 bits per heavy atom. The van der Waals surface area contributed by atoms with Crippen molar-refractivity contribution in [2.24, 2.45) is 0 Å². The summed E-state index contributed by atoms with van der Waals surface area (Å²) in [6.07, 6.45) is 0. The monoisotopic (exact) mass is 222 g/mol. The average molecular weight is 222 g/mol. The van der Waals surface area contributed by atoms with Crippen molar-refractivity contribution in [2.75, 3.05) is 12.4 Å². The second-order valence-corrected chi connectivity index (χ2v) is 6.37. The fourth-order valence-corrected chi connectivity index (χ4v) is 1.80. The van der Waals surface area contributed by atoms with Crippen molar-refractivity contribution in [1.82, 2.24) is 0 Å². The minimum atomic E-state index is 0.227. The van der Waals surface area contributed by atoms with Crippen LogP contribution in [-0.4, -0.2) is 17.6 Å². The maximum absolute atomic E-state index is 5.68. The van der Waals surface area contributed by atoms with Gasteiger partial charge in [0.25, 0.3) is 0 Å². The predicted octanol–water partition coefficient (Wildman–Crippen LogP) is 3.48. The first-order valence-electron chi connectivity index (χ1n) is 5.41. The lowest BCUT2D eigenvalue weighted by Crippen LogP contribution is -2.10. The van der Waals surface area contributed by atoms with Crippen LogP contribution in [0.3, 0.4) is 0 Å². The molecule has 1 atom stereocenters. The van der Waals surface area contributed by atoms with E-state index in [1.165, 1.54) is 11.3 Å². The van der Waals surface area contributed by atoms with Gasteiger partial charge < -0.3 is 4.74 Å². The van der Waals surface area contributed by atoms with Crippen molar-refractivity contribution < 1.29 is 4.74 Å². The lowest BCUT2D eigenvalue weighted by atomic mass is 9.87. The van der Waals surface area contributed by atoms with Crippen LogP contribution in [0, 0.1) is 0 Å². The quantitative estimate of drug-likeness (QED) is 0.724. The third kappa shape index (κ3) is 3.16. The largest absolute Gasteiger partial charge is 0.492 e. The van der Waals surface area contributed by atoms with Crippen LogP contribution in [0.2, 0.25) is 0 Å². The molecular weight excluding hydrogens is 204 g/mol. The SMILES string of the molecule is CC(C)(C)c1ccc(OCC2CS2)cc1. The van der Waals surface area contributed by atoms with Gasteiger partial charge in [0.05, 0.1) is 0 Å². The second-order valence-electron chi connectivity index (χ2n) is 5.04. The Morgan fingerprint density at radius 3 is 2.33 bits per heavy atom. The van der Waals surface area contributed by atoms with Crippen LogP contribution in [0.1, 0.15) is 26.3 Å². The zero-order valence-electron chi connectivity index (χ0n) is 9.62. The van der Waals surface area contributed by atoms with Crippen LogP contribution in [0.4, 0.5) is 0 Å². The fourth-order valence-electron chi connectivity index (χ4n) is 1.40. The van der Waals surface area contributed by atoms with Gasteiger partial charge in [-0.15, -0.1) is 0 Å². The highest BCUT2D eigenvalue weighted by atomic mass is 32.2. The van der Waals surface area contributed by atoms with E-state index >= 15 is 0 Å². The highest BCUT2D eigenvalue weighted by Crippen LogP contribution is 2.31. The third-order valence-electron chi connectivity index (χ3n) is 2.56. The first-order valence-corrected chi connectivity index (χ1v) is 6.45. The summed E-state index contributed by atoms with van der Waals surface area (Å²) in [5.74, 6) is 2.26. The molecule has 1 unspecified atom stereocenters. The number of thioether (sulfide) groups is 1. The molecule has 2 heteroatoms. The Morgan fingerprint density at radius 2 is 1.87 bits per heavy atom. The Kier molecular flexibility index (Phi) is 2.96. The van der Waals surface area contributed by atoms with Crippen molar-refractivity contribution >= 4 is 11.8 Å². The summed E-state index contributed by atoms with van der Waals surface area (Å²) in [5.41, 5.74) is 1.58. The molecule has 0 amide bonds. The average Bonchev–Trinajstić information content (AvgIpc) is 2.97. The number of benzene rings is 1. The van der Waals surface area contributed by atoms with E-state index in [0.717, 1.165) is 17.6 Å². The van der Waals surface area contributed by atoms with Gasteiger partial charge >= 0.3 is 0 Å². The predicted molar refractivity (Wildman–Crippen MR) is 66.9 cm³/mol. The standard InChI is InChI=1S/C13H18OS/c1-13(2,3)10-4-6-11(7-5-10)14-8-12-9-15-12/h4-7,12H,8-9H2,1-3H3. The molecule has 0 saturated carbocycles. The second kappa shape index (κ2) is 4.09. The minimum Gasteiger partial charge on any atom is -0.492 e. The molecule has 1 fully saturated rings. The van der Waals surface area contributed by atoms with Crippen LogP contribution < -0.4 is 4.74 Å². The van der Waals surface area contributed by atoms with Crippen molar-refractivity contribution in [1.29, 1.82) is 0 Å². The Labute approximate surface area is 96.2 Å². The van der Waals surface area contributed by atoms with E-state index in [2.05, 4.69) is 45.0 Å². The normalized spacial score (nSPS) is 20.1. The number of rotatable bonds is 3.